The third kappa shape index (κ3) is 6.03. The number of nitrogen functional groups attached to an aromatic ring is 1. The van der Waals surface area contributed by atoms with E-state index in [1.807, 2.05) is 41.8 Å². The molecule has 0 saturated carbocycles. The summed E-state index contributed by atoms with van der Waals surface area (Å²) in [7, 11) is 0. The van der Waals surface area contributed by atoms with Crippen molar-refractivity contribution < 1.29 is 24.3 Å². The van der Waals surface area contributed by atoms with Crippen molar-refractivity contribution in [2.75, 3.05) is 23.8 Å². The number of fused-ring (bicyclic) bond motifs is 1. The fourth-order valence-electron chi connectivity index (χ4n) is 3.51. The van der Waals surface area contributed by atoms with E-state index in [0.29, 0.717) is 17.1 Å². The molecule has 2 aliphatic heterocycles. The lowest BCUT2D eigenvalue weighted by molar-refractivity contribution is -0.150. The highest BCUT2D eigenvalue weighted by Crippen LogP contribution is 2.41. The number of amides is 2. The van der Waals surface area contributed by atoms with Crippen LogP contribution in [0.25, 0.3) is 6.08 Å². The molecule has 1 aromatic heterocycles. The van der Waals surface area contributed by atoms with Gasteiger partial charge in [0.05, 0.1) is 0 Å². The van der Waals surface area contributed by atoms with E-state index in [-0.39, 0.29) is 29.0 Å². The van der Waals surface area contributed by atoms with Gasteiger partial charge in [0.25, 0.3) is 11.8 Å². The van der Waals surface area contributed by atoms with Gasteiger partial charge in [0.2, 0.25) is 11.5 Å². The predicted octanol–water partition coefficient (Wildman–Crippen LogP) is 2.17. The molecule has 0 spiro atoms. The second kappa shape index (κ2) is 12.1. The van der Waals surface area contributed by atoms with Crippen molar-refractivity contribution in [1.82, 2.24) is 19.6 Å². The van der Waals surface area contributed by atoms with Crippen LogP contribution in [0.3, 0.4) is 0 Å². The van der Waals surface area contributed by atoms with E-state index in [1.54, 1.807) is 0 Å². The molecule has 1 aromatic carbocycles. The Labute approximate surface area is 224 Å². The first kappa shape index (κ1) is 26.4. The third-order valence-corrected chi connectivity index (χ3v) is 7.89. The Morgan fingerprint density at radius 2 is 2.16 bits per heavy atom. The van der Waals surface area contributed by atoms with Crippen molar-refractivity contribution in [3.8, 4) is 0 Å². The maximum atomic E-state index is 13.0. The summed E-state index contributed by atoms with van der Waals surface area (Å²) >= 11 is 3.71. The van der Waals surface area contributed by atoms with Crippen LogP contribution in [0.4, 0.5) is 5.13 Å². The number of carboxylic acids is 1. The van der Waals surface area contributed by atoms with Gasteiger partial charge < -0.3 is 21.0 Å². The number of carbonyl (C=O) groups excluding carboxylic acids is 2. The molecule has 1 saturated heterocycles. The van der Waals surface area contributed by atoms with Gasteiger partial charge in [-0.25, -0.2) is 4.79 Å². The van der Waals surface area contributed by atoms with Gasteiger partial charge in [-0.15, -0.1) is 23.5 Å². The van der Waals surface area contributed by atoms with Crippen LogP contribution in [-0.2, 0) is 19.2 Å². The van der Waals surface area contributed by atoms with Crippen LogP contribution in [0, 0.1) is 0 Å². The van der Waals surface area contributed by atoms with Crippen LogP contribution in [0.2, 0.25) is 0 Å². The van der Waals surface area contributed by atoms with Crippen molar-refractivity contribution in [3.63, 3.8) is 0 Å². The van der Waals surface area contributed by atoms with Crippen LogP contribution in [0.5, 0.6) is 0 Å². The summed E-state index contributed by atoms with van der Waals surface area (Å²) in [6.45, 7) is 3.56. The number of nitrogens with two attached hydrogens (primary N) is 1. The van der Waals surface area contributed by atoms with E-state index in [9.17, 15) is 19.5 Å². The summed E-state index contributed by atoms with van der Waals surface area (Å²) < 4.78 is 3.98. The number of benzene rings is 1. The topological polar surface area (TPSA) is 160 Å². The number of β-lactam (4-membered cyclic amide) rings is 1. The summed E-state index contributed by atoms with van der Waals surface area (Å²) in [5, 5.41) is 17.7. The number of aromatic nitrogens is 2. The molecule has 14 heteroatoms. The smallest absolute Gasteiger partial charge is 0.352 e. The normalized spacial score (nSPS) is 19.4. The Kier molecular flexibility index (Phi) is 8.63. The average Bonchev–Trinajstić information content (AvgIpc) is 3.33. The number of nitrogens with zero attached hydrogens (tertiary/aromatic N) is 4. The SMILES string of the molecule is C=CCON=C(C(=O)NC1C(=O)N2C(C(=O)O)=C(CSC=Cc3ccccc3)CS[C@@H]12)c1nsc(N)n1. The van der Waals surface area contributed by atoms with Crippen LogP contribution in [-0.4, -0.2) is 72.4 Å². The molecule has 2 amide bonds. The highest BCUT2D eigenvalue weighted by atomic mass is 32.2. The Hall–Kier alpha value is -3.62. The average molecular weight is 559 g/mol. The molecule has 4 rings (SSSR count). The van der Waals surface area contributed by atoms with Crippen molar-refractivity contribution in [1.29, 1.82) is 0 Å². The van der Waals surface area contributed by atoms with E-state index in [0.717, 1.165) is 17.1 Å². The van der Waals surface area contributed by atoms with E-state index in [1.165, 1.54) is 34.5 Å². The number of hydrogen-bond acceptors (Lipinski definition) is 11. The van der Waals surface area contributed by atoms with Crippen molar-refractivity contribution >= 4 is 69.8 Å². The van der Waals surface area contributed by atoms with Crippen LogP contribution in [0.15, 0.2) is 64.8 Å². The highest BCUT2D eigenvalue weighted by molar-refractivity contribution is 8.02. The maximum Gasteiger partial charge on any atom is 0.352 e. The molecule has 192 valence electrons. The number of oxime groups is 1. The van der Waals surface area contributed by atoms with Crippen LogP contribution >= 0.6 is 35.1 Å². The summed E-state index contributed by atoms with van der Waals surface area (Å²) in [5.41, 5.74) is 6.99. The molecule has 0 radical (unpaired) electrons. The maximum absolute atomic E-state index is 13.0. The zero-order valence-corrected chi connectivity index (χ0v) is 21.7. The number of anilines is 1. The molecule has 3 heterocycles. The molecular formula is C23H22N6O5S3. The van der Waals surface area contributed by atoms with Crippen molar-refractivity contribution in [3.05, 3.63) is 71.1 Å². The van der Waals surface area contributed by atoms with Gasteiger partial charge >= 0.3 is 5.97 Å². The first-order chi connectivity index (χ1) is 17.9. The fraction of sp³-hybridized carbons (Fsp3) is 0.217. The number of rotatable bonds is 11. The minimum Gasteiger partial charge on any atom is -0.477 e. The molecule has 37 heavy (non-hydrogen) atoms. The molecule has 11 nitrogen and oxygen atoms in total. The van der Waals surface area contributed by atoms with E-state index < -0.39 is 29.2 Å². The number of thioether (sulfide) groups is 2. The molecule has 4 N–H and O–H groups in total. The molecule has 1 unspecified atom stereocenters. The quantitative estimate of drug-likeness (QED) is 0.123. The molecular weight excluding hydrogens is 536 g/mol. The second-order valence-corrected chi connectivity index (χ2v) is 10.4. The molecule has 0 bridgehead atoms. The number of nitrogens with one attached hydrogen (secondary N) is 1. The first-order valence-corrected chi connectivity index (χ1v) is 13.7. The zero-order chi connectivity index (χ0) is 26.4. The van der Waals surface area contributed by atoms with Gasteiger partial charge in [0.15, 0.2) is 5.13 Å². The molecule has 2 aliphatic rings. The summed E-state index contributed by atoms with van der Waals surface area (Å²) in [4.78, 5) is 48.2. The standard InChI is InChI=1S/C23H22N6O5S3/c1-2-9-34-27-15(18-26-23(24)37-28-18)19(30)25-16-20(31)29-17(22(32)33)14(12-36-21(16)29)11-35-10-8-13-6-4-3-5-7-13/h2-8,10,16,21H,1,9,11-12H2,(H,25,30)(H,32,33)(H2,24,26,28)/t16?,21-/m0/s1. The number of hydrogen-bond donors (Lipinski definition) is 3. The summed E-state index contributed by atoms with van der Waals surface area (Å²) in [6.07, 6.45) is 3.38. The number of carboxylic acid groups (broad SMARTS) is 1. The van der Waals surface area contributed by atoms with E-state index >= 15 is 0 Å². The predicted molar refractivity (Wildman–Crippen MR) is 145 cm³/mol. The van der Waals surface area contributed by atoms with Gasteiger partial charge in [-0.1, -0.05) is 48.1 Å². The van der Waals surface area contributed by atoms with Crippen LogP contribution in [0.1, 0.15) is 11.4 Å². The highest BCUT2D eigenvalue weighted by Gasteiger charge is 2.54. The van der Waals surface area contributed by atoms with Gasteiger partial charge in [0, 0.05) is 23.0 Å². The minimum absolute atomic E-state index is 0.0408. The lowest BCUT2D eigenvalue weighted by Crippen LogP contribution is -2.71. The van der Waals surface area contributed by atoms with Gasteiger partial charge in [-0.05, 0) is 22.6 Å². The van der Waals surface area contributed by atoms with Gasteiger partial charge in [-0.3, -0.25) is 14.5 Å². The Morgan fingerprint density at radius 1 is 1.38 bits per heavy atom. The summed E-state index contributed by atoms with van der Waals surface area (Å²) in [5.74, 6) is -1.68. The fourth-order valence-corrected chi connectivity index (χ4v) is 6.21. The Bertz CT molecular complexity index is 1290. The third-order valence-electron chi connectivity index (χ3n) is 5.17. The van der Waals surface area contributed by atoms with Crippen molar-refractivity contribution in [2.24, 2.45) is 5.16 Å². The monoisotopic (exact) mass is 558 g/mol. The minimum atomic E-state index is -1.19. The molecule has 2 atom stereocenters. The lowest BCUT2D eigenvalue weighted by Gasteiger charge is -2.49. The second-order valence-electron chi connectivity index (χ2n) is 7.62. The first-order valence-electron chi connectivity index (χ1n) is 10.8. The van der Waals surface area contributed by atoms with Crippen LogP contribution < -0.4 is 11.1 Å². The van der Waals surface area contributed by atoms with E-state index in [4.69, 9.17) is 10.6 Å². The van der Waals surface area contributed by atoms with Crippen molar-refractivity contribution in [2.45, 2.75) is 11.4 Å². The summed E-state index contributed by atoms with van der Waals surface area (Å²) in [6, 6.07) is 8.79. The lowest BCUT2D eigenvalue weighted by atomic mass is 10.0. The van der Waals surface area contributed by atoms with Gasteiger partial charge in [0.1, 0.15) is 23.7 Å². The van der Waals surface area contributed by atoms with Gasteiger partial charge in [-0.2, -0.15) is 9.36 Å². The molecule has 2 aromatic rings. The molecule has 1 fully saturated rings. The number of carbonyl (C=O) groups is 3. The Morgan fingerprint density at radius 3 is 2.84 bits per heavy atom. The largest absolute Gasteiger partial charge is 0.477 e. The Balaban J connectivity index is 1.45. The van der Waals surface area contributed by atoms with E-state index in [2.05, 4.69) is 26.4 Å². The number of aliphatic carboxylic acids is 1. The zero-order valence-electron chi connectivity index (χ0n) is 19.3. The molecule has 0 aliphatic carbocycles.